The van der Waals surface area contributed by atoms with Crippen LogP contribution in [0.1, 0.15) is 15.9 Å². The number of nitrogens with one attached hydrogen (secondary N) is 1. The van der Waals surface area contributed by atoms with Crippen molar-refractivity contribution in [2.24, 2.45) is 11.5 Å². The number of carbonyl (C=O) groups is 2. The second-order valence-electron chi connectivity index (χ2n) is 5.24. The Balaban J connectivity index is 2.35. The number of hydrogen-bond acceptors (Lipinski definition) is 2. The van der Waals surface area contributed by atoms with E-state index in [2.05, 4.69) is 11.9 Å². The molecule has 3 rings (SSSR count). The highest BCUT2D eigenvalue weighted by molar-refractivity contribution is 6.14. The van der Waals surface area contributed by atoms with E-state index < -0.39 is 11.9 Å². The number of fused-ring (bicyclic) bond motifs is 1. The maximum Gasteiger partial charge on any atom is 0.317 e. The zero-order valence-corrected chi connectivity index (χ0v) is 12.8. The number of nitrogens with zero attached hydrogens (tertiary/aromatic N) is 1. The van der Waals surface area contributed by atoms with Gasteiger partial charge in [0.1, 0.15) is 5.82 Å². The Morgan fingerprint density at radius 1 is 0.958 bits per heavy atom. The van der Waals surface area contributed by atoms with E-state index in [1.165, 1.54) is 0 Å². The predicted octanol–water partition coefficient (Wildman–Crippen LogP) is 2.75. The summed E-state index contributed by atoms with van der Waals surface area (Å²) in [5, 5.41) is 3.12. The molecule has 0 aliphatic heterocycles. The van der Waals surface area contributed by atoms with Crippen molar-refractivity contribution in [3.8, 4) is 0 Å². The number of aromatic nitrogens is 1. The molecule has 2 aromatic carbocycles. The molecule has 6 nitrogen and oxygen atoms in total. The van der Waals surface area contributed by atoms with E-state index in [9.17, 15) is 9.59 Å². The van der Waals surface area contributed by atoms with Crippen LogP contribution in [0.5, 0.6) is 0 Å². The maximum absolute atomic E-state index is 12.0. The molecular weight excluding hydrogens is 304 g/mol. The molecule has 0 aliphatic rings. The van der Waals surface area contributed by atoms with Gasteiger partial charge in [-0.15, -0.1) is 0 Å². The second kappa shape index (κ2) is 5.92. The number of urea groups is 1. The molecule has 0 spiro atoms. The van der Waals surface area contributed by atoms with Crippen LogP contribution in [0.3, 0.4) is 0 Å². The Morgan fingerprint density at radius 2 is 1.58 bits per heavy atom. The number of hydrogen-bond donors (Lipinski definition) is 3. The fraction of sp³-hybridized carbons (Fsp3) is 0. The van der Waals surface area contributed by atoms with Crippen molar-refractivity contribution >= 4 is 34.4 Å². The van der Waals surface area contributed by atoms with Gasteiger partial charge >= 0.3 is 6.03 Å². The number of para-hydroxylation sites is 1. The van der Waals surface area contributed by atoms with Gasteiger partial charge in [-0.05, 0) is 11.6 Å². The van der Waals surface area contributed by atoms with Gasteiger partial charge in [-0.2, -0.15) is 0 Å². The largest absolute Gasteiger partial charge is 0.365 e. The highest BCUT2D eigenvalue weighted by Gasteiger charge is 2.23. The first-order valence-corrected chi connectivity index (χ1v) is 7.25. The Morgan fingerprint density at radius 3 is 2.21 bits per heavy atom. The fourth-order valence-corrected chi connectivity index (χ4v) is 2.76. The zero-order valence-electron chi connectivity index (χ0n) is 12.8. The normalized spacial score (nSPS) is 10.5. The lowest BCUT2D eigenvalue weighted by Crippen LogP contribution is -2.24. The van der Waals surface area contributed by atoms with Crippen molar-refractivity contribution in [2.45, 2.75) is 0 Å². The average molecular weight is 320 g/mol. The number of nitrogens with two attached hydrogens (primary N) is 2. The van der Waals surface area contributed by atoms with Gasteiger partial charge in [-0.1, -0.05) is 55.1 Å². The van der Waals surface area contributed by atoms with E-state index in [4.69, 9.17) is 11.5 Å². The quantitative estimate of drug-likeness (QED) is 0.688. The molecule has 3 amide bonds. The summed E-state index contributed by atoms with van der Waals surface area (Å²) in [6.45, 7) is 4.10. The van der Waals surface area contributed by atoms with Crippen molar-refractivity contribution in [1.82, 2.24) is 4.57 Å². The SMILES string of the molecule is C=C(c1ccccc1)n1c(NC(N)=O)c(C(N)=O)c2ccccc21. The number of carbonyl (C=O) groups excluding carboxylic acids is 2. The van der Waals surface area contributed by atoms with Crippen LogP contribution in [-0.4, -0.2) is 16.5 Å². The van der Waals surface area contributed by atoms with Crippen LogP contribution in [0.4, 0.5) is 10.6 Å². The summed E-state index contributed by atoms with van der Waals surface area (Å²) in [4.78, 5) is 23.4. The lowest BCUT2D eigenvalue weighted by Gasteiger charge is -2.14. The molecular formula is C18H16N4O2. The molecule has 1 heterocycles. The van der Waals surface area contributed by atoms with Gasteiger partial charge < -0.3 is 11.5 Å². The Labute approximate surface area is 138 Å². The van der Waals surface area contributed by atoms with Gasteiger partial charge in [0.2, 0.25) is 0 Å². The van der Waals surface area contributed by atoms with Gasteiger partial charge in [0.25, 0.3) is 5.91 Å². The minimum absolute atomic E-state index is 0.196. The smallest absolute Gasteiger partial charge is 0.317 e. The van der Waals surface area contributed by atoms with Gasteiger partial charge in [0.05, 0.1) is 11.1 Å². The molecule has 0 saturated carbocycles. The lowest BCUT2D eigenvalue weighted by molar-refractivity contribution is 0.100. The number of anilines is 1. The number of primary amides is 2. The van der Waals surface area contributed by atoms with Crippen molar-refractivity contribution in [3.05, 3.63) is 72.3 Å². The van der Waals surface area contributed by atoms with Crippen LogP contribution in [0.25, 0.3) is 16.6 Å². The summed E-state index contributed by atoms with van der Waals surface area (Å²) in [7, 11) is 0. The minimum atomic E-state index is -0.789. The average Bonchev–Trinajstić information content (AvgIpc) is 2.88. The zero-order chi connectivity index (χ0) is 17.3. The third kappa shape index (κ3) is 2.50. The first-order valence-electron chi connectivity index (χ1n) is 7.25. The van der Waals surface area contributed by atoms with Gasteiger partial charge in [0, 0.05) is 11.1 Å². The van der Waals surface area contributed by atoms with Crippen molar-refractivity contribution in [1.29, 1.82) is 0 Å². The van der Waals surface area contributed by atoms with E-state index in [1.807, 2.05) is 42.5 Å². The van der Waals surface area contributed by atoms with Gasteiger partial charge in [0.15, 0.2) is 0 Å². The first-order chi connectivity index (χ1) is 11.5. The summed E-state index contributed by atoms with van der Waals surface area (Å²) in [6, 6.07) is 15.8. The molecule has 3 aromatic rings. The number of benzene rings is 2. The molecule has 1 aromatic heterocycles. The van der Waals surface area contributed by atoms with E-state index in [0.29, 0.717) is 16.6 Å². The molecule has 0 aliphatic carbocycles. The van der Waals surface area contributed by atoms with E-state index in [0.717, 1.165) is 5.56 Å². The summed E-state index contributed by atoms with van der Waals surface area (Å²) < 4.78 is 1.68. The Bertz CT molecular complexity index is 958. The lowest BCUT2D eigenvalue weighted by atomic mass is 10.1. The van der Waals surface area contributed by atoms with Crippen LogP contribution in [0, 0.1) is 0 Å². The predicted molar refractivity (Wildman–Crippen MR) is 94.5 cm³/mol. The van der Waals surface area contributed by atoms with Crippen LogP contribution >= 0.6 is 0 Å². The van der Waals surface area contributed by atoms with E-state index in [1.54, 1.807) is 16.7 Å². The highest BCUT2D eigenvalue weighted by Crippen LogP contribution is 2.34. The molecule has 0 fully saturated rings. The molecule has 24 heavy (non-hydrogen) atoms. The topological polar surface area (TPSA) is 103 Å². The maximum atomic E-state index is 12.0. The minimum Gasteiger partial charge on any atom is -0.365 e. The summed E-state index contributed by atoms with van der Waals surface area (Å²) in [5.74, 6) is -0.445. The Hall–Kier alpha value is -3.54. The number of rotatable bonds is 4. The molecule has 0 bridgehead atoms. The van der Waals surface area contributed by atoms with Gasteiger partial charge in [-0.25, -0.2) is 4.79 Å². The van der Waals surface area contributed by atoms with Crippen LogP contribution in [0.2, 0.25) is 0 Å². The van der Waals surface area contributed by atoms with E-state index >= 15 is 0 Å². The molecule has 5 N–H and O–H groups in total. The summed E-state index contributed by atoms with van der Waals surface area (Å²) >= 11 is 0. The van der Waals surface area contributed by atoms with Crippen molar-refractivity contribution in [3.63, 3.8) is 0 Å². The fourth-order valence-electron chi connectivity index (χ4n) is 2.76. The number of amides is 3. The third-order valence-corrected chi connectivity index (χ3v) is 3.74. The second-order valence-corrected chi connectivity index (χ2v) is 5.24. The van der Waals surface area contributed by atoms with Crippen LogP contribution < -0.4 is 16.8 Å². The van der Waals surface area contributed by atoms with Gasteiger partial charge in [-0.3, -0.25) is 14.7 Å². The molecule has 0 atom stereocenters. The first kappa shape index (κ1) is 15.4. The molecule has 0 unspecified atom stereocenters. The third-order valence-electron chi connectivity index (χ3n) is 3.74. The van der Waals surface area contributed by atoms with Crippen molar-refractivity contribution in [2.75, 3.05) is 5.32 Å². The highest BCUT2D eigenvalue weighted by atomic mass is 16.2. The molecule has 0 saturated heterocycles. The van der Waals surface area contributed by atoms with E-state index in [-0.39, 0.29) is 11.4 Å². The monoisotopic (exact) mass is 320 g/mol. The molecule has 6 heteroatoms. The van der Waals surface area contributed by atoms with Crippen LogP contribution in [-0.2, 0) is 0 Å². The van der Waals surface area contributed by atoms with Crippen LogP contribution in [0.15, 0.2) is 61.2 Å². The molecule has 120 valence electrons. The van der Waals surface area contributed by atoms with Crippen molar-refractivity contribution < 1.29 is 9.59 Å². The standard InChI is InChI=1S/C18H16N4O2/c1-11(12-7-3-2-4-8-12)22-14-10-6-5-9-13(14)15(16(19)23)17(22)21-18(20)24/h2-10H,1H2,(H2,19,23)(H3,20,21,24). The Kier molecular flexibility index (Phi) is 3.79. The summed E-state index contributed by atoms with van der Waals surface area (Å²) in [5.41, 5.74) is 13.1. The summed E-state index contributed by atoms with van der Waals surface area (Å²) in [6.07, 6.45) is 0. The molecule has 0 radical (unpaired) electrons.